The third kappa shape index (κ3) is 4.97. The zero-order chi connectivity index (χ0) is 19.4. The van der Waals surface area contributed by atoms with Crippen LogP contribution in [0.3, 0.4) is 0 Å². The molecule has 0 aliphatic heterocycles. The summed E-state index contributed by atoms with van der Waals surface area (Å²) >= 11 is 1.50. The van der Waals surface area contributed by atoms with E-state index in [0.29, 0.717) is 5.56 Å². The Labute approximate surface area is 165 Å². The minimum absolute atomic E-state index is 0.0509. The van der Waals surface area contributed by atoms with E-state index in [0.717, 1.165) is 36.5 Å². The quantitative estimate of drug-likeness (QED) is 0.792. The summed E-state index contributed by atoms with van der Waals surface area (Å²) in [4.78, 5) is 15.7. The molecule has 2 aromatic rings. The number of rotatable bonds is 6. The Balaban J connectivity index is 1.64. The number of benzene rings is 1. The van der Waals surface area contributed by atoms with Gasteiger partial charge < -0.3 is 4.90 Å². The van der Waals surface area contributed by atoms with Crippen LogP contribution >= 0.6 is 11.3 Å². The molecule has 146 valence electrons. The lowest BCUT2D eigenvalue weighted by Crippen LogP contribution is -2.39. The number of hydrogen-bond donors (Lipinski definition) is 1. The predicted molar refractivity (Wildman–Crippen MR) is 108 cm³/mol. The Morgan fingerprint density at radius 3 is 2.41 bits per heavy atom. The molecule has 1 amide bonds. The van der Waals surface area contributed by atoms with Gasteiger partial charge in [-0.1, -0.05) is 13.0 Å². The van der Waals surface area contributed by atoms with E-state index in [1.54, 1.807) is 12.1 Å². The second kappa shape index (κ2) is 8.54. The number of thiophene rings is 1. The van der Waals surface area contributed by atoms with E-state index in [1.807, 2.05) is 29.5 Å². The lowest BCUT2D eigenvalue weighted by atomic mass is 9.86. The van der Waals surface area contributed by atoms with Crippen molar-refractivity contribution in [2.45, 2.75) is 50.1 Å². The number of carbonyl (C=O) groups excluding carboxylic acids is 1. The summed E-state index contributed by atoms with van der Waals surface area (Å²) < 4.78 is 27.4. The minimum atomic E-state index is -3.59. The van der Waals surface area contributed by atoms with E-state index < -0.39 is 10.0 Å². The summed E-state index contributed by atoms with van der Waals surface area (Å²) in [6.07, 6.45) is 4.36. The van der Waals surface area contributed by atoms with Crippen LogP contribution in [-0.2, 0) is 16.6 Å². The SMILES string of the molecule is CC1CCC(N(C)C(=O)c2ccc(S(=O)(=O)NCc3cccs3)cc2)CC1. The molecule has 0 radical (unpaired) electrons. The summed E-state index contributed by atoms with van der Waals surface area (Å²) in [5.41, 5.74) is 0.522. The van der Waals surface area contributed by atoms with Crippen LogP contribution < -0.4 is 4.72 Å². The molecule has 3 rings (SSSR count). The summed E-state index contributed by atoms with van der Waals surface area (Å²) in [6.45, 7) is 2.52. The van der Waals surface area contributed by atoms with Gasteiger partial charge in [0, 0.05) is 30.1 Å². The van der Waals surface area contributed by atoms with Gasteiger partial charge in [-0.3, -0.25) is 4.79 Å². The summed E-state index contributed by atoms with van der Waals surface area (Å²) in [5.74, 6) is 0.681. The predicted octanol–water partition coefficient (Wildman–Crippen LogP) is 3.88. The number of nitrogens with one attached hydrogen (secondary N) is 1. The first-order valence-electron chi connectivity index (χ1n) is 9.26. The van der Waals surface area contributed by atoms with Crippen LogP contribution in [-0.4, -0.2) is 32.3 Å². The number of carbonyl (C=O) groups is 1. The Bertz CT molecular complexity index is 853. The van der Waals surface area contributed by atoms with Gasteiger partial charge in [0.25, 0.3) is 5.91 Å². The second-order valence-electron chi connectivity index (χ2n) is 7.26. The van der Waals surface area contributed by atoms with Gasteiger partial charge in [-0.25, -0.2) is 13.1 Å². The van der Waals surface area contributed by atoms with Crippen LogP contribution in [0, 0.1) is 5.92 Å². The zero-order valence-electron chi connectivity index (χ0n) is 15.7. The Kier molecular flexibility index (Phi) is 6.34. The van der Waals surface area contributed by atoms with Gasteiger partial charge in [-0.05, 0) is 67.3 Å². The van der Waals surface area contributed by atoms with Gasteiger partial charge in [0.15, 0.2) is 0 Å². The Morgan fingerprint density at radius 2 is 1.81 bits per heavy atom. The van der Waals surface area contributed by atoms with Crippen molar-refractivity contribution in [3.63, 3.8) is 0 Å². The smallest absolute Gasteiger partial charge is 0.253 e. The van der Waals surface area contributed by atoms with Crippen molar-refractivity contribution in [3.8, 4) is 0 Å². The van der Waals surface area contributed by atoms with Crippen molar-refractivity contribution in [1.82, 2.24) is 9.62 Å². The Hall–Kier alpha value is -1.70. The van der Waals surface area contributed by atoms with Gasteiger partial charge in [0.2, 0.25) is 10.0 Å². The molecule has 1 saturated carbocycles. The Morgan fingerprint density at radius 1 is 1.15 bits per heavy atom. The van der Waals surface area contributed by atoms with Crippen molar-refractivity contribution in [3.05, 3.63) is 52.2 Å². The summed E-state index contributed by atoms with van der Waals surface area (Å²) in [6, 6.07) is 10.2. The highest BCUT2D eigenvalue weighted by molar-refractivity contribution is 7.89. The lowest BCUT2D eigenvalue weighted by molar-refractivity contribution is 0.0679. The van der Waals surface area contributed by atoms with E-state index in [-0.39, 0.29) is 23.4 Å². The van der Waals surface area contributed by atoms with Crippen molar-refractivity contribution in [2.75, 3.05) is 7.05 Å². The molecular formula is C20H26N2O3S2. The third-order valence-corrected chi connectivity index (χ3v) is 7.58. The van der Waals surface area contributed by atoms with E-state index in [1.165, 1.54) is 23.5 Å². The number of sulfonamides is 1. The molecule has 0 atom stereocenters. The average molecular weight is 407 g/mol. The fourth-order valence-electron chi connectivity index (χ4n) is 3.44. The van der Waals surface area contributed by atoms with Crippen LogP contribution in [0.2, 0.25) is 0 Å². The largest absolute Gasteiger partial charge is 0.339 e. The number of nitrogens with zero attached hydrogens (tertiary/aromatic N) is 1. The summed E-state index contributed by atoms with van der Waals surface area (Å²) in [5, 5.41) is 1.91. The first-order valence-corrected chi connectivity index (χ1v) is 11.6. The molecule has 1 fully saturated rings. The molecular weight excluding hydrogens is 380 g/mol. The molecule has 0 unspecified atom stereocenters. The third-order valence-electron chi connectivity index (χ3n) is 5.28. The van der Waals surface area contributed by atoms with E-state index >= 15 is 0 Å². The van der Waals surface area contributed by atoms with Crippen LogP contribution in [0.25, 0.3) is 0 Å². The lowest BCUT2D eigenvalue weighted by Gasteiger charge is -2.33. The van der Waals surface area contributed by atoms with E-state index in [4.69, 9.17) is 0 Å². The van der Waals surface area contributed by atoms with E-state index in [2.05, 4.69) is 11.6 Å². The first-order chi connectivity index (χ1) is 12.9. The fourth-order valence-corrected chi connectivity index (χ4v) is 5.18. The minimum Gasteiger partial charge on any atom is -0.339 e. The van der Waals surface area contributed by atoms with Crippen LogP contribution in [0.15, 0.2) is 46.7 Å². The molecule has 0 bridgehead atoms. The molecule has 1 aliphatic carbocycles. The standard InChI is InChI=1S/C20H26N2O3S2/c1-15-5-9-17(10-6-15)22(2)20(23)16-7-11-19(12-8-16)27(24,25)21-14-18-4-3-13-26-18/h3-4,7-8,11-13,15,17,21H,5-6,9-10,14H2,1-2H3. The van der Waals surface area contributed by atoms with Gasteiger partial charge >= 0.3 is 0 Å². The van der Waals surface area contributed by atoms with Crippen molar-refractivity contribution < 1.29 is 13.2 Å². The molecule has 1 aromatic carbocycles. The van der Waals surface area contributed by atoms with Crippen molar-refractivity contribution >= 4 is 27.3 Å². The highest BCUT2D eigenvalue weighted by Gasteiger charge is 2.25. The maximum atomic E-state index is 12.7. The van der Waals surface area contributed by atoms with Gasteiger partial charge in [-0.2, -0.15) is 0 Å². The van der Waals surface area contributed by atoms with E-state index in [9.17, 15) is 13.2 Å². The molecule has 7 heteroatoms. The van der Waals surface area contributed by atoms with Gasteiger partial charge in [-0.15, -0.1) is 11.3 Å². The maximum absolute atomic E-state index is 12.7. The normalized spacial score (nSPS) is 20.4. The number of amides is 1. The topological polar surface area (TPSA) is 66.5 Å². The molecule has 1 aromatic heterocycles. The van der Waals surface area contributed by atoms with Crippen LogP contribution in [0.4, 0.5) is 0 Å². The molecule has 1 N–H and O–H groups in total. The zero-order valence-corrected chi connectivity index (χ0v) is 17.4. The molecule has 27 heavy (non-hydrogen) atoms. The molecule has 0 spiro atoms. The fraction of sp³-hybridized carbons (Fsp3) is 0.450. The van der Waals surface area contributed by atoms with Gasteiger partial charge in [0.05, 0.1) is 4.90 Å². The highest BCUT2D eigenvalue weighted by Crippen LogP contribution is 2.27. The molecule has 1 aliphatic rings. The van der Waals surface area contributed by atoms with Crippen LogP contribution in [0.5, 0.6) is 0 Å². The monoisotopic (exact) mass is 406 g/mol. The second-order valence-corrected chi connectivity index (χ2v) is 10.1. The summed E-state index contributed by atoms with van der Waals surface area (Å²) in [7, 11) is -1.75. The maximum Gasteiger partial charge on any atom is 0.253 e. The number of hydrogen-bond acceptors (Lipinski definition) is 4. The van der Waals surface area contributed by atoms with Crippen molar-refractivity contribution in [2.24, 2.45) is 5.92 Å². The first kappa shape index (κ1) is 20.0. The molecule has 0 saturated heterocycles. The average Bonchev–Trinajstić information content (AvgIpc) is 3.20. The molecule has 1 heterocycles. The highest BCUT2D eigenvalue weighted by atomic mass is 32.2. The van der Waals surface area contributed by atoms with Crippen molar-refractivity contribution in [1.29, 1.82) is 0 Å². The van der Waals surface area contributed by atoms with Gasteiger partial charge in [0.1, 0.15) is 0 Å². The van der Waals surface area contributed by atoms with Crippen LogP contribution in [0.1, 0.15) is 47.8 Å². The molecule has 5 nitrogen and oxygen atoms in total.